The van der Waals surface area contributed by atoms with Crippen LogP contribution >= 0.6 is 15.9 Å². The van der Waals surface area contributed by atoms with Gasteiger partial charge in [0.15, 0.2) is 0 Å². The summed E-state index contributed by atoms with van der Waals surface area (Å²) in [5.41, 5.74) is 3.49. The Labute approximate surface area is 111 Å². The van der Waals surface area contributed by atoms with Crippen LogP contribution in [-0.4, -0.2) is 6.04 Å². The number of benzene rings is 1. The maximum atomic E-state index is 13.7. The molecule has 0 aromatic heterocycles. The number of nitrogens with two attached hydrogens (primary N) is 1. The highest BCUT2D eigenvalue weighted by atomic mass is 79.9. The van der Waals surface area contributed by atoms with Crippen LogP contribution in [0.3, 0.4) is 0 Å². The summed E-state index contributed by atoms with van der Waals surface area (Å²) < 4.78 is 14.5. The normalized spacial score (nSPS) is 15.0. The Bertz CT molecular complexity index is 368. The zero-order valence-corrected chi connectivity index (χ0v) is 12.1. The zero-order valence-electron chi connectivity index (χ0n) is 10.5. The third kappa shape index (κ3) is 4.05. The van der Waals surface area contributed by atoms with Crippen molar-refractivity contribution in [2.24, 2.45) is 17.7 Å². The lowest BCUT2D eigenvalue weighted by Crippen LogP contribution is -2.43. The Morgan fingerprint density at radius 1 is 1.35 bits per heavy atom. The van der Waals surface area contributed by atoms with E-state index in [9.17, 15) is 4.39 Å². The lowest BCUT2D eigenvalue weighted by Gasteiger charge is -2.26. The van der Waals surface area contributed by atoms with Gasteiger partial charge in [-0.15, -0.1) is 0 Å². The van der Waals surface area contributed by atoms with E-state index in [4.69, 9.17) is 5.84 Å². The molecule has 1 aromatic rings. The van der Waals surface area contributed by atoms with Crippen LogP contribution in [0.4, 0.5) is 4.39 Å². The molecule has 17 heavy (non-hydrogen) atoms. The Hall–Kier alpha value is -0.450. The van der Waals surface area contributed by atoms with Crippen molar-refractivity contribution >= 4 is 15.9 Å². The summed E-state index contributed by atoms with van der Waals surface area (Å²) in [5.74, 6) is 6.27. The number of hydrogen-bond acceptors (Lipinski definition) is 2. The first kappa shape index (κ1) is 14.6. The van der Waals surface area contributed by atoms with Gasteiger partial charge < -0.3 is 0 Å². The van der Waals surface area contributed by atoms with E-state index in [1.165, 1.54) is 6.07 Å². The minimum atomic E-state index is -0.185. The van der Waals surface area contributed by atoms with Gasteiger partial charge in [0.1, 0.15) is 5.82 Å². The molecule has 0 bridgehead atoms. The Morgan fingerprint density at radius 2 is 2.00 bits per heavy atom. The SMILES string of the molecule is CC(C)C(C)C(Cc1ccc(Br)cc1F)NN. The Morgan fingerprint density at radius 3 is 2.47 bits per heavy atom. The molecule has 0 aliphatic heterocycles. The molecule has 0 aliphatic carbocycles. The van der Waals surface area contributed by atoms with Crippen molar-refractivity contribution in [2.45, 2.75) is 33.2 Å². The number of nitrogens with one attached hydrogen (secondary N) is 1. The molecule has 4 heteroatoms. The molecular formula is C13H20BrFN2. The second-order valence-corrected chi connectivity index (χ2v) is 5.73. The maximum absolute atomic E-state index is 13.7. The van der Waals surface area contributed by atoms with Crippen LogP contribution in [0.25, 0.3) is 0 Å². The van der Waals surface area contributed by atoms with Gasteiger partial charge in [0.2, 0.25) is 0 Å². The van der Waals surface area contributed by atoms with Crippen molar-refractivity contribution in [2.75, 3.05) is 0 Å². The van der Waals surface area contributed by atoms with E-state index in [0.717, 1.165) is 4.47 Å². The molecule has 1 aromatic carbocycles. The van der Waals surface area contributed by atoms with Crippen LogP contribution in [0, 0.1) is 17.7 Å². The van der Waals surface area contributed by atoms with Crippen molar-refractivity contribution in [3.8, 4) is 0 Å². The van der Waals surface area contributed by atoms with Crippen LogP contribution in [0.1, 0.15) is 26.3 Å². The van der Waals surface area contributed by atoms with Crippen molar-refractivity contribution in [1.29, 1.82) is 0 Å². The van der Waals surface area contributed by atoms with E-state index in [0.29, 0.717) is 23.8 Å². The summed E-state index contributed by atoms with van der Waals surface area (Å²) in [6, 6.07) is 5.23. The fourth-order valence-electron chi connectivity index (χ4n) is 1.79. The van der Waals surface area contributed by atoms with E-state index in [1.807, 2.05) is 6.07 Å². The molecule has 96 valence electrons. The van der Waals surface area contributed by atoms with E-state index < -0.39 is 0 Å². The Kier molecular flexibility index (Phi) is 5.56. The molecule has 0 heterocycles. The number of rotatable bonds is 5. The quantitative estimate of drug-likeness (QED) is 0.647. The van der Waals surface area contributed by atoms with Gasteiger partial charge in [-0.05, 0) is 36.0 Å². The maximum Gasteiger partial charge on any atom is 0.127 e. The monoisotopic (exact) mass is 302 g/mol. The fourth-order valence-corrected chi connectivity index (χ4v) is 2.12. The van der Waals surface area contributed by atoms with Gasteiger partial charge in [0, 0.05) is 10.5 Å². The molecule has 2 nitrogen and oxygen atoms in total. The summed E-state index contributed by atoms with van der Waals surface area (Å²) >= 11 is 3.25. The van der Waals surface area contributed by atoms with E-state index >= 15 is 0 Å². The highest BCUT2D eigenvalue weighted by molar-refractivity contribution is 9.10. The number of hydrogen-bond donors (Lipinski definition) is 2. The highest BCUT2D eigenvalue weighted by Gasteiger charge is 2.20. The van der Waals surface area contributed by atoms with Crippen LogP contribution in [0.2, 0.25) is 0 Å². The van der Waals surface area contributed by atoms with E-state index in [2.05, 4.69) is 42.1 Å². The van der Waals surface area contributed by atoms with E-state index in [-0.39, 0.29) is 11.9 Å². The van der Waals surface area contributed by atoms with Gasteiger partial charge in [-0.2, -0.15) is 0 Å². The predicted octanol–water partition coefficient (Wildman–Crippen LogP) is 3.25. The van der Waals surface area contributed by atoms with Crippen LogP contribution in [0.15, 0.2) is 22.7 Å². The van der Waals surface area contributed by atoms with Crippen molar-refractivity contribution in [3.05, 3.63) is 34.1 Å². The molecule has 3 N–H and O–H groups in total. The molecule has 0 fully saturated rings. The standard InChI is InChI=1S/C13H20BrFN2/c1-8(2)9(3)13(17-16)6-10-4-5-11(14)7-12(10)15/h4-5,7-9,13,17H,6,16H2,1-3H3. The summed E-state index contributed by atoms with van der Waals surface area (Å²) in [5, 5.41) is 0. The van der Waals surface area contributed by atoms with Crippen molar-refractivity contribution in [3.63, 3.8) is 0 Å². The van der Waals surface area contributed by atoms with Crippen molar-refractivity contribution < 1.29 is 4.39 Å². The fraction of sp³-hybridized carbons (Fsp3) is 0.538. The first-order chi connectivity index (χ1) is 7.95. The molecular weight excluding hydrogens is 283 g/mol. The average molecular weight is 303 g/mol. The summed E-state index contributed by atoms with van der Waals surface area (Å²) in [7, 11) is 0. The van der Waals surface area contributed by atoms with E-state index in [1.54, 1.807) is 6.07 Å². The largest absolute Gasteiger partial charge is 0.271 e. The van der Waals surface area contributed by atoms with Gasteiger partial charge >= 0.3 is 0 Å². The third-order valence-electron chi connectivity index (χ3n) is 3.36. The first-order valence-corrected chi connectivity index (χ1v) is 6.65. The van der Waals surface area contributed by atoms with Crippen LogP contribution in [-0.2, 0) is 6.42 Å². The molecule has 0 radical (unpaired) electrons. The highest BCUT2D eigenvalue weighted by Crippen LogP contribution is 2.21. The molecule has 0 aliphatic rings. The first-order valence-electron chi connectivity index (χ1n) is 5.85. The second kappa shape index (κ2) is 6.47. The lowest BCUT2D eigenvalue weighted by molar-refractivity contribution is 0.297. The van der Waals surface area contributed by atoms with Gasteiger partial charge in [-0.25, -0.2) is 4.39 Å². The molecule has 2 unspecified atom stereocenters. The minimum absolute atomic E-state index is 0.0886. The van der Waals surface area contributed by atoms with Gasteiger partial charge in [0.05, 0.1) is 0 Å². The number of halogens is 2. The van der Waals surface area contributed by atoms with Crippen LogP contribution in [0.5, 0.6) is 0 Å². The summed E-state index contributed by atoms with van der Waals surface area (Å²) in [6.07, 6.45) is 0.606. The molecule has 0 amide bonds. The van der Waals surface area contributed by atoms with Crippen molar-refractivity contribution in [1.82, 2.24) is 5.43 Å². The second-order valence-electron chi connectivity index (χ2n) is 4.82. The smallest absolute Gasteiger partial charge is 0.127 e. The molecule has 0 saturated carbocycles. The van der Waals surface area contributed by atoms with Gasteiger partial charge in [-0.1, -0.05) is 42.8 Å². The van der Waals surface area contributed by atoms with Gasteiger partial charge in [-0.3, -0.25) is 11.3 Å². The predicted molar refractivity (Wildman–Crippen MR) is 72.9 cm³/mol. The summed E-state index contributed by atoms with van der Waals surface area (Å²) in [4.78, 5) is 0. The number of hydrazine groups is 1. The molecule has 2 atom stereocenters. The zero-order chi connectivity index (χ0) is 13.0. The molecule has 0 saturated heterocycles. The third-order valence-corrected chi connectivity index (χ3v) is 3.85. The van der Waals surface area contributed by atoms with Crippen LogP contribution < -0.4 is 11.3 Å². The van der Waals surface area contributed by atoms with Gasteiger partial charge in [0.25, 0.3) is 0 Å². The lowest BCUT2D eigenvalue weighted by atomic mass is 9.87. The minimum Gasteiger partial charge on any atom is -0.271 e. The molecule has 1 rings (SSSR count). The molecule has 0 spiro atoms. The average Bonchev–Trinajstić information content (AvgIpc) is 2.27. The topological polar surface area (TPSA) is 38.0 Å². The Balaban J connectivity index is 2.80. The summed E-state index contributed by atoms with van der Waals surface area (Å²) in [6.45, 7) is 6.42.